The molecule has 0 saturated heterocycles. The van der Waals surface area contributed by atoms with Gasteiger partial charge in [-0.05, 0) is 24.6 Å². The standard InChI is InChI=1S/C9H10F3NO/c1-6(13-14)7-3-2-4-8(5-7)9(10,11)12/h2-6,13-14H,1H3. The van der Waals surface area contributed by atoms with Gasteiger partial charge in [0.25, 0.3) is 0 Å². The van der Waals surface area contributed by atoms with Gasteiger partial charge < -0.3 is 5.21 Å². The van der Waals surface area contributed by atoms with E-state index in [1.165, 1.54) is 12.1 Å². The summed E-state index contributed by atoms with van der Waals surface area (Å²) in [5.74, 6) is 0. The van der Waals surface area contributed by atoms with Crippen LogP contribution in [0.2, 0.25) is 0 Å². The van der Waals surface area contributed by atoms with Crippen LogP contribution in [0.5, 0.6) is 0 Å². The first kappa shape index (κ1) is 11.0. The van der Waals surface area contributed by atoms with Crippen LogP contribution < -0.4 is 5.48 Å². The van der Waals surface area contributed by atoms with Crippen LogP contribution in [0.3, 0.4) is 0 Å². The van der Waals surface area contributed by atoms with E-state index in [2.05, 4.69) is 0 Å². The molecule has 0 fully saturated rings. The first-order valence-corrected chi connectivity index (χ1v) is 4.02. The maximum Gasteiger partial charge on any atom is 0.416 e. The van der Waals surface area contributed by atoms with E-state index in [9.17, 15) is 13.2 Å². The highest BCUT2D eigenvalue weighted by Gasteiger charge is 2.30. The third kappa shape index (κ3) is 2.46. The van der Waals surface area contributed by atoms with E-state index in [4.69, 9.17) is 5.21 Å². The van der Waals surface area contributed by atoms with E-state index in [0.29, 0.717) is 5.56 Å². The molecule has 78 valence electrons. The Morgan fingerprint density at radius 2 is 2.00 bits per heavy atom. The zero-order valence-corrected chi connectivity index (χ0v) is 7.47. The highest BCUT2D eigenvalue weighted by molar-refractivity contribution is 5.27. The summed E-state index contributed by atoms with van der Waals surface area (Å²) in [7, 11) is 0. The Labute approximate surface area is 79.3 Å². The highest BCUT2D eigenvalue weighted by atomic mass is 19.4. The number of alkyl halides is 3. The molecule has 0 aliphatic carbocycles. The van der Waals surface area contributed by atoms with Gasteiger partial charge in [-0.15, -0.1) is 0 Å². The van der Waals surface area contributed by atoms with Crippen LogP contribution in [0.15, 0.2) is 24.3 Å². The zero-order valence-electron chi connectivity index (χ0n) is 7.47. The summed E-state index contributed by atoms with van der Waals surface area (Å²) in [6.45, 7) is 1.56. The quantitative estimate of drug-likeness (QED) is 0.727. The van der Waals surface area contributed by atoms with Crippen molar-refractivity contribution in [1.82, 2.24) is 5.48 Å². The Kier molecular flexibility index (Phi) is 3.13. The van der Waals surface area contributed by atoms with Gasteiger partial charge in [0.2, 0.25) is 0 Å². The fourth-order valence-corrected chi connectivity index (χ4v) is 1.06. The smallest absolute Gasteiger partial charge is 0.316 e. The molecule has 0 radical (unpaired) electrons. The Morgan fingerprint density at radius 3 is 2.50 bits per heavy atom. The molecule has 1 unspecified atom stereocenters. The van der Waals surface area contributed by atoms with E-state index in [1.807, 2.05) is 5.48 Å². The second-order valence-corrected chi connectivity index (χ2v) is 2.97. The second kappa shape index (κ2) is 3.98. The van der Waals surface area contributed by atoms with E-state index in [0.717, 1.165) is 12.1 Å². The van der Waals surface area contributed by atoms with Crippen molar-refractivity contribution in [2.45, 2.75) is 19.1 Å². The normalized spacial score (nSPS) is 14.1. The van der Waals surface area contributed by atoms with Crippen LogP contribution in [0, 0.1) is 0 Å². The lowest BCUT2D eigenvalue weighted by Crippen LogP contribution is -2.14. The zero-order chi connectivity index (χ0) is 10.8. The predicted octanol–water partition coefficient (Wildman–Crippen LogP) is 2.75. The summed E-state index contributed by atoms with van der Waals surface area (Å²) in [5, 5.41) is 8.55. The number of hydroxylamine groups is 1. The van der Waals surface area contributed by atoms with Gasteiger partial charge in [-0.1, -0.05) is 12.1 Å². The topological polar surface area (TPSA) is 32.3 Å². The summed E-state index contributed by atoms with van der Waals surface area (Å²) < 4.78 is 36.8. The molecule has 0 aliphatic heterocycles. The summed E-state index contributed by atoms with van der Waals surface area (Å²) in [4.78, 5) is 0. The summed E-state index contributed by atoms with van der Waals surface area (Å²) in [6.07, 6.45) is -4.34. The van der Waals surface area contributed by atoms with Gasteiger partial charge in [-0.2, -0.15) is 18.7 Å². The van der Waals surface area contributed by atoms with Crippen LogP contribution in [0.25, 0.3) is 0 Å². The number of hydrogen-bond acceptors (Lipinski definition) is 2. The van der Waals surface area contributed by atoms with E-state index >= 15 is 0 Å². The molecular formula is C9H10F3NO. The minimum atomic E-state index is -4.34. The molecule has 2 nitrogen and oxygen atoms in total. The number of benzene rings is 1. The minimum absolute atomic E-state index is 0.391. The van der Waals surface area contributed by atoms with Crippen LogP contribution >= 0.6 is 0 Å². The first-order chi connectivity index (χ1) is 6.45. The maximum absolute atomic E-state index is 12.3. The van der Waals surface area contributed by atoms with Gasteiger partial charge in [0.15, 0.2) is 0 Å². The molecular weight excluding hydrogens is 195 g/mol. The molecule has 5 heteroatoms. The molecule has 0 heterocycles. The van der Waals surface area contributed by atoms with E-state index in [-0.39, 0.29) is 0 Å². The summed E-state index contributed by atoms with van der Waals surface area (Å²) in [6, 6.07) is 4.31. The molecule has 0 aliphatic rings. The molecule has 0 spiro atoms. The summed E-state index contributed by atoms with van der Waals surface area (Å²) in [5.41, 5.74) is 1.57. The number of nitrogens with one attached hydrogen (secondary N) is 1. The molecule has 0 amide bonds. The van der Waals surface area contributed by atoms with Crippen molar-refractivity contribution in [3.8, 4) is 0 Å². The van der Waals surface area contributed by atoms with Gasteiger partial charge in [-0.25, -0.2) is 0 Å². The predicted molar refractivity (Wildman–Crippen MR) is 44.8 cm³/mol. The minimum Gasteiger partial charge on any atom is -0.316 e. The van der Waals surface area contributed by atoms with Crippen LogP contribution in [0.1, 0.15) is 24.1 Å². The van der Waals surface area contributed by atoms with Crippen LogP contribution in [0.4, 0.5) is 13.2 Å². The number of halogens is 3. The fraction of sp³-hybridized carbons (Fsp3) is 0.333. The lowest BCUT2D eigenvalue weighted by molar-refractivity contribution is -0.137. The van der Waals surface area contributed by atoms with Gasteiger partial charge in [0, 0.05) is 0 Å². The van der Waals surface area contributed by atoms with Crippen molar-refractivity contribution in [1.29, 1.82) is 0 Å². The van der Waals surface area contributed by atoms with Crippen LogP contribution in [-0.4, -0.2) is 5.21 Å². The van der Waals surface area contributed by atoms with Crippen molar-refractivity contribution < 1.29 is 18.4 Å². The van der Waals surface area contributed by atoms with Gasteiger partial charge in [0.05, 0.1) is 11.6 Å². The molecule has 0 bridgehead atoms. The fourth-order valence-electron chi connectivity index (χ4n) is 1.06. The number of hydrogen-bond donors (Lipinski definition) is 2. The van der Waals surface area contributed by atoms with E-state index < -0.39 is 17.8 Å². The van der Waals surface area contributed by atoms with Gasteiger partial charge in [-0.3, -0.25) is 0 Å². The lowest BCUT2D eigenvalue weighted by Gasteiger charge is -2.12. The van der Waals surface area contributed by atoms with Gasteiger partial charge in [0.1, 0.15) is 0 Å². The third-order valence-electron chi connectivity index (χ3n) is 1.91. The maximum atomic E-state index is 12.3. The Morgan fingerprint density at radius 1 is 1.36 bits per heavy atom. The van der Waals surface area contributed by atoms with Crippen molar-refractivity contribution >= 4 is 0 Å². The van der Waals surface area contributed by atoms with Crippen LogP contribution in [-0.2, 0) is 6.18 Å². The molecule has 0 aromatic heterocycles. The average Bonchev–Trinajstić information content (AvgIpc) is 2.15. The Bertz CT molecular complexity index is 311. The highest BCUT2D eigenvalue weighted by Crippen LogP contribution is 2.30. The largest absolute Gasteiger partial charge is 0.416 e. The van der Waals surface area contributed by atoms with Crippen molar-refractivity contribution in [3.05, 3.63) is 35.4 Å². The lowest BCUT2D eigenvalue weighted by atomic mass is 10.1. The SMILES string of the molecule is CC(NO)c1cccc(C(F)(F)F)c1. The average molecular weight is 205 g/mol. The summed E-state index contributed by atoms with van der Waals surface area (Å²) >= 11 is 0. The van der Waals surface area contributed by atoms with Gasteiger partial charge >= 0.3 is 6.18 Å². The molecule has 1 aromatic rings. The molecule has 1 aromatic carbocycles. The molecule has 1 rings (SSSR count). The van der Waals surface area contributed by atoms with Crippen molar-refractivity contribution in [3.63, 3.8) is 0 Å². The molecule has 0 saturated carbocycles. The van der Waals surface area contributed by atoms with E-state index in [1.54, 1.807) is 6.92 Å². The Hall–Kier alpha value is -1.07. The second-order valence-electron chi connectivity index (χ2n) is 2.97. The number of rotatable bonds is 2. The monoisotopic (exact) mass is 205 g/mol. The third-order valence-corrected chi connectivity index (χ3v) is 1.91. The van der Waals surface area contributed by atoms with Crippen molar-refractivity contribution in [2.75, 3.05) is 0 Å². The Balaban J connectivity index is 3.01. The molecule has 14 heavy (non-hydrogen) atoms. The molecule has 2 N–H and O–H groups in total. The van der Waals surface area contributed by atoms with Crippen molar-refractivity contribution in [2.24, 2.45) is 0 Å². The molecule has 1 atom stereocenters. The first-order valence-electron chi connectivity index (χ1n) is 4.02.